The highest BCUT2D eigenvalue weighted by molar-refractivity contribution is 5.79. The molecule has 4 amide bonds. The number of nitrogens with zero attached hydrogens (tertiary/aromatic N) is 5. The van der Waals surface area contributed by atoms with Crippen LogP contribution in [0.5, 0.6) is 0 Å². The van der Waals surface area contributed by atoms with Crippen LogP contribution in [0.25, 0.3) is 0 Å². The van der Waals surface area contributed by atoms with Crippen molar-refractivity contribution >= 4 is 18.0 Å². The molecule has 11 heteroatoms. The van der Waals surface area contributed by atoms with Crippen molar-refractivity contribution in [3.8, 4) is 6.07 Å². The third-order valence-electron chi connectivity index (χ3n) is 11.8. The van der Waals surface area contributed by atoms with E-state index in [1.807, 2.05) is 29.2 Å². The predicted octanol–water partition coefficient (Wildman–Crippen LogP) is 4.04. The summed E-state index contributed by atoms with van der Waals surface area (Å²) >= 11 is 0. The van der Waals surface area contributed by atoms with Gasteiger partial charge >= 0.3 is 12.1 Å². The third-order valence-corrected chi connectivity index (χ3v) is 11.8. The molecule has 2 aliphatic carbocycles. The van der Waals surface area contributed by atoms with E-state index in [0.29, 0.717) is 43.3 Å². The Hall–Kier alpha value is -4.14. The molecule has 0 spiro atoms. The normalized spacial score (nSPS) is 31.1. The number of hydrogen-bond donors (Lipinski definition) is 3. The first-order chi connectivity index (χ1) is 24.0. The first-order valence-electron chi connectivity index (χ1n) is 18.2. The maximum absolute atomic E-state index is 12.9. The molecule has 3 saturated heterocycles. The van der Waals surface area contributed by atoms with Crippen molar-refractivity contribution in [1.29, 1.82) is 5.26 Å². The molecule has 0 radical (unpaired) electrons. The van der Waals surface area contributed by atoms with Gasteiger partial charge in [-0.25, -0.2) is 9.59 Å². The molecule has 5 aliphatic rings. The van der Waals surface area contributed by atoms with E-state index >= 15 is 0 Å². The molecular weight excluding hydrogens is 630 g/mol. The van der Waals surface area contributed by atoms with Crippen LogP contribution in [0.4, 0.5) is 9.59 Å². The van der Waals surface area contributed by atoms with Crippen molar-refractivity contribution < 1.29 is 19.5 Å². The lowest BCUT2D eigenvalue weighted by Gasteiger charge is -2.34. The number of nitrogens with one attached hydrogen (secondary N) is 1. The largest absolute Gasteiger partial charge is 0.465 e. The molecule has 5 atom stereocenters. The Kier molecular flexibility index (Phi) is 10.7. The molecule has 50 heavy (non-hydrogen) atoms. The first-order valence-corrected chi connectivity index (χ1v) is 18.2. The van der Waals surface area contributed by atoms with E-state index in [9.17, 15) is 19.6 Å². The second kappa shape index (κ2) is 15.0. The van der Waals surface area contributed by atoms with Gasteiger partial charge in [-0.05, 0) is 86.2 Å². The molecule has 7 rings (SSSR count). The zero-order valence-electron chi connectivity index (χ0n) is 29.5. The van der Waals surface area contributed by atoms with Gasteiger partial charge < -0.3 is 35.8 Å². The van der Waals surface area contributed by atoms with Crippen LogP contribution in [0.1, 0.15) is 49.7 Å². The van der Waals surface area contributed by atoms with E-state index in [2.05, 4.69) is 47.8 Å². The Morgan fingerprint density at radius 2 is 1.38 bits per heavy atom. The number of carbonyl (C=O) groups excluding carboxylic acids is 2. The monoisotopic (exact) mass is 683 g/mol. The zero-order valence-corrected chi connectivity index (χ0v) is 29.5. The van der Waals surface area contributed by atoms with Crippen LogP contribution in [0.3, 0.4) is 0 Å². The second-order valence-corrected chi connectivity index (χ2v) is 15.8. The molecule has 5 fully saturated rings. The number of carbonyl (C=O) groups is 3. The van der Waals surface area contributed by atoms with E-state index < -0.39 is 6.09 Å². The maximum Gasteiger partial charge on any atom is 0.407 e. The molecule has 4 N–H and O–H groups in total. The van der Waals surface area contributed by atoms with Crippen LogP contribution in [0.2, 0.25) is 0 Å². The fraction of sp³-hybridized carbons (Fsp3) is 0.590. The summed E-state index contributed by atoms with van der Waals surface area (Å²) in [6.45, 7) is 3.84. The lowest BCUT2D eigenvalue weighted by Crippen LogP contribution is -2.51. The minimum absolute atomic E-state index is 0.0259. The van der Waals surface area contributed by atoms with Crippen molar-refractivity contribution in [1.82, 2.24) is 24.9 Å². The summed E-state index contributed by atoms with van der Waals surface area (Å²) in [4.78, 5) is 43.2. The lowest BCUT2D eigenvalue weighted by atomic mass is 9.87. The fourth-order valence-corrected chi connectivity index (χ4v) is 9.66. The molecule has 11 nitrogen and oxygen atoms in total. The number of nitriles is 1. The van der Waals surface area contributed by atoms with E-state index in [-0.39, 0.29) is 35.6 Å². The summed E-state index contributed by atoms with van der Waals surface area (Å²) in [5.41, 5.74) is 8.78. The van der Waals surface area contributed by atoms with E-state index in [1.54, 1.807) is 23.9 Å². The Morgan fingerprint density at radius 3 is 1.90 bits per heavy atom. The number of likely N-dealkylation sites (tertiary alicyclic amines) is 3. The number of hydrogen-bond acceptors (Lipinski definition) is 6. The minimum Gasteiger partial charge on any atom is -0.465 e. The fourth-order valence-electron chi connectivity index (χ4n) is 9.66. The highest BCUT2D eigenvalue weighted by Gasteiger charge is 2.50. The molecule has 268 valence electrons. The van der Waals surface area contributed by atoms with Crippen molar-refractivity contribution in [3.05, 3.63) is 71.8 Å². The van der Waals surface area contributed by atoms with Gasteiger partial charge in [0.1, 0.15) is 6.04 Å². The van der Waals surface area contributed by atoms with E-state index in [0.717, 1.165) is 64.5 Å². The Morgan fingerprint density at radius 1 is 0.860 bits per heavy atom. The molecule has 3 heterocycles. The van der Waals surface area contributed by atoms with Gasteiger partial charge in [0, 0.05) is 57.9 Å². The van der Waals surface area contributed by atoms with Crippen molar-refractivity contribution in [2.75, 3.05) is 53.4 Å². The molecular formula is C39H53N7O4. The van der Waals surface area contributed by atoms with Gasteiger partial charge in [0.15, 0.2) is 0 Å². The van der Waals surface area contributed by atoms with Gasteiger partial charge in [0.05, 0.1) is 12.6 Å². The SMILES string of the molecule is CN(C)C(=O)N1CC2CC(Cc3ccccc3)(NCC(=O)N3CCCC3C#N)CC2C1.NC1(Cc2ccccc2)CC2CN(C(=O)O)CC2C1. The Labute approximate surface area is 296 Å². The lowest BCUT2D eigenvalue weighted by molar-refractivity contribution is -0.130. The number of rotatable bonds is 7. The number of carboxylic acid groups (broad SMARTS) is 1. The quantitative estimate of drug-likeness (QED) is 0.399. The van der Waals surface area contributed by atoms with Crippen LogP contribution < -0.4 is 11.1 Å². The summed E-state index contributed by atoms with van der Waals surface area (Å²) in [7, 11) is 3.60. The molecule has 0 bridgehead atoms. The van der Waals surface area contributed by atoms with Gasteiger partial charge in [-0.2, -0.15) is 5.26 Å². The Bertz CT molecular complexity index is 1520. The average Bonchev–Trinajstić information content (AvgIpc) is 3.91. The third kappa shape index (κ3) is 8.08. The van der Waals surface area contributed by atoms with Crippen molar-refractivity contribution in [3.63, 3.8) is 0 Å². The smallest absolute Gasteiger partial charge is 0.407 e. The summed E-state index contributed by atoms with van der Waals surface area (Å²) in [5, 5.41) is 22.0. The van der Waals surface area contributed by atoms with E-state index in [1.165, 1.54) is 16.0 Å². The van der Waals surface area contributed by atoms with Gasteiger partial charge in [0.25, 0.3) is 0 Å². The minimum atomic E-state index is -0.792. The molecule has 2 aromatic carbocycles. The molecule has 2 saturated carbocycles. The van der Waals surface area contributed by atoms with Crippen LogP contribution in [0.15, 0.2) is 60.7 Å². The van der Waals surface area contributed by atoms with Crippen LogP contribution in [0, 0.1) is 35.0 Å². The summed E-state index contributed by atoms with van der Waals surface area (Å²) < 4.78 is 0. The molecule has 5 unspecified atom stereocenters. The van der Waals surface area contributed by atoms with Crippen LogP contribution in [-0.4, -0.2) is 113 Å². The number of benzene rings is 2. The average molecular weight is 684 g/mol. The summed E-state index contributed by atoms with van der Waals surface area (Å²) in [6, 6.07) is 22.8. The van der Waals surface area contributed by atoms with Gasteiger partial charge in [-0.15, -0.1) is 0 Å². The highest BCUT2D eigenvalue weighted by atomic mass is 16.4. The van der Waals surface area contributed by atoms with Crippen LogP contribution >= 0.6 is 0 Å². The standard InChI is InChI=1S/C24H33N5O2.C15H20N2O2/c1-27(2)23(31)28-16-19-12-24(13-20(19)17-28,11-18-7-4-3-5-8-18)26-15-22(30)29-10-6-9-21(29)14-25;16-15(6-11-4-2-1-3-5-11)7-12-9-17(14(18)19)10-13(12)8-15/h3-5,7-8,19-21,26H,6,9-13,15-17H2,1-2H3;1-5,12-13H,6-10,16H2,(H,18,19). The number of nitrogens with two attached hydrogens (primary N) is 1. The second-order valence-electron chi connectivity index (χ2n) is 15.8. The van der Waals surface area contributed by atoms with Crippen molar-refractivity contribution in [2.45, 2.75) is 68.5 Å². The summed E-state index contributed by atoms with van der Waals surface area (Å²) in [6.07, 6.45) is 6.45. The number of amides is 4. The van der Waals surface area contributed by atoms with Gasteiger partial charge in [0.2, 0.25) is 5.91 Å². The predicted molar refractivity (Wildman–Crippen MR) is 191 cm³/mol. The maximum atomic E-state index is 12.9. The van der Waals surface area contributed by atoms with Gasteiger partial charge in [-0.3, -0.25) is 4.79 Å². The summed E-state index contributed by atoms with van der Waals surface area (Å²) in [5.74, 6) is 1.83. The van der Waals surface area contributed by atoms with Crippen molar-refractivity contribution in [2.24, 2.45) is 29.4 Å². The topological polar surface area (TPSA) is 146 Å². The Balaban J connectivity index is 0.000000194. The molecule has 2 aromatic rings. The molecule has 0 aromatic heterocycles. The van der Waals surface area contributed by atoms with Gasteiger partial charge in [-0.1, -0.05) is 60.7 Å². The first kappa shape index (κ1) is 35.7. The zero-order chi connectivity index (χ0) is 35.5. The van der Waals surface area contributed by atoms with Crippen LogP contribution in [-0.2, 0) is 17.6 Å². The number of fused-ring (bicyclic) bond motifs is 2. The van der Waals surface area contributed by atoms with E-state index in [4.69, 9.17) is 10.8 Å². The number of urea groups is 1. The molecule has 3 aliphatic heterocycles. The highest BCUT2D eigenvalue weighted by Crippen LogP contribution is 2.46.